The van der Waals surface area contributed by atoms with Gasteiger partial charge in [0, 0.05) is 10.0 Å². The van der Waals surface area contributed by atoms with Crippen LogP contribution in [0, 0.1) is 0 Å². The molecule has 1 aliphatic carbocycles. The molecule has 1 aromatic carbocycles. The molecular formula is C15H17BrO3. The van der Waals surface area contributed by atoms with E-state index in [-0.39, 0.29) is 5.97 Å². The maximum absolute atomic E-state index is 12.3. The maximum atomic E-state index is 12.3. The fourth-order valence-corrected chi connectivity index (χ4v) is 2.59. The number of hydrogen-bond acceptors (Lipinski definition) is 3. The molecular weight excluding hydrogens is 308 g/mol. The average Bonchev–Trinajstić information content (AvgIpc) is 2.73. The Morgan fingerprint density at radius 3 is 2.58 bits per heavy atom. The molecule has 0 aliphatic heterocycles. The molecule has 0 heterocycles. The summed E-state index contributed by atoms with van der Waals surface area (Å²) in [6.45, 7) is 5.59. The molecule has 1 atom stereocenters. The quantitative estimate of drug-likeness (QED) is 0.774. The molecule has 0 aromatic heterocycles. The van der Waals surface area contributed by atoms with Crippen LogP contribution < -0.4 is 4.74 Å². The minimum Gasteiger partial charge on any atom is -0.496 e. The van der Waals surface area contributed by atoms with Crippen molar-refractivity contribution in [2.24, 2.45) is 0 Å². The number of rotatable bonds is 2. The van der Waals surface area contributed by atoms with Crippen molar-refractivity contribution in [2.45, 2.75) is 32.3 Å². The summed E-state index contributed by atoms with van der Waals surface area (Å²) < 4.78 is 11.8. The van der Waals surface area contributed by atoms with E-state index in [1.165, 1.54) is 0 Å². The molecule has 0 saturated carbocycles. The van der Waals surface area contributed by atoms with Crippen molar-refractivity contribution in [3.05, 3.63) is 33.8 Å². The standard InChI is InChI=1S/C15H17BrO3/c1-15(2,3)19-14(17)10-6-5-9-11(16)7-8-12(18-4)13(9)10/h5-8,10H,1-4H3. The molecule has 0 spiro atoms. The minimum atomic E-state index is -0.493. The Kier molecular flexibility index (Phi) is 3.72. The Morgan fingerprint density at radius 2 is 2.00 bits per heavy atom. The normalized spacial score (nSPS) is 17.2. The zero-order chi connectivity index (χ0) is 14.2. The second-order valence-electron chi connectivity index (χ2n) is 5.45. The number of ether oxygens (including phenoxy) is 2. The van der Waals surface area contributed by atoms with Gasteiger partial charge in [0.2, 0.25) is 0 Å². The van der Waals surface area contributed by atoms with Gasteiger partial charge in [-0.3, -0.25) is 4.79 Å². The number of fused-ring (bicyclic) bond motifs is 1. The highest BCUT2D eigenvalue weighted by Gasteiger charge is 2.32. The molecule has 0 radical (unpaired) electrons. The lowest BCUT2D eigenvalue weighted by molar-refractivity contribution is -0.155. The van der Waals surface area contributed by atoms with Gasteiger partial charge in [-0.25, -0.2) is 0 Å². The summed E-state index contributed by atoms with van der Waals surface area (Å²) in [7, 11) is 1.61. The van der Waals surface area contributed by atoms with Crippen molar-refractivity contribution < 1.29 is 14.3 Å². The van der Waals surface area contributed by atoms with E-state index in [0.29, 0.717) is 5.75 Å². The molecule has 1 aliphatic rings. The van der Waals surface area contributed by atoms with Crippen LogP contribution in [0.25, 0.3) is 6.08 Å². The van der Waals surface area contributed by atoms with Crippen molar-refractivity contribution in [1.29, 1.82) is 0 Å². The van der Waals surface area contributed by atoms with Crippen molar-refractivity contribution in [2.75, 3.05) is 7.11 Å². The third kappa shape index (κ3) is 2.84. The predicted molar refractivity (Wildman–Crippen MR) is 78.3 cm³/mol. The Hall–Kier alpha value is -1.29. The zero-order valence-corrected chi connectivity index (χ0v) is 13.1. The SMILES string of the molecule is COc1ccc(Br)c2c1C(C(=O)OC(C)(C)C)C=C2. The Labute approximate surface area is 121 Å². The summed E-state index contributed by atoms with van der Waals surface area (Å²) in [4.78, 5) is 12.3. The van der Waals surface area contributed by atoms with Gasteiger partial charge in [-0.15, -0.1) is 0 Å². The highest BCUT2D eigenvalue weighted by atomic mass is 79.9. The van der Waals surface area contributed by atoms with Crippen LogP contribution in [-0.4, -0.2) is 18.7 Å². The van der Waals surface area contributed by atoms with Gasteiger partial charge in [0.05, 0.1) is 7.11 Å². The van der Waals surface area contributed by atoms with E-state index in [9.17, 15) is 4.79 Å². The van der Waals surface area contributed by atoms with Crippen molar-refractivity contribution in [3.63, 3.8) is 0 Å². The van der Waals surface area contributed by atoms with E-state index < -0.39 is 11.5 Å². The van der Waals surface area contributed by atoms with E-state index in [1.54, 1.807) is 7.11 Å². The molecule has 19 heavy (non-hydrogen) atoms. The second-order valence-corrected chi connectivity index (χ2v) is 6.30. The summed E-state index contributed by atoms with van der Waals surface area (Å²) in [5, 5.41) is 0. The minimum absolute atomic E-state index is 0.251. The van der Waals surface area contributed by atoms with Crippen LogP contribution in [0.5, 0.6) is 5.75 Å². The number of halogens is 1. The summed E-state index contributed by atoms with van der Waals surface area (Å²) in [6.07, 6.45) is 3.78. The van der Waals surface area contributed by atoms with E-state index in [2.05, 4.69) is 15.9 Å². The molecule has 102 valence electrons. The Morgan fingerprint density at radius 1 is 1.32 bits per heavy atom. The number of methoxy groups -OCH3 is 1. The van der Waals surface area contributed by atoms with Crippen LogP contribution in [-0.2, 0) is 9.53 Å². The van der Waals surface area contributed by atoms with Gasteiger partial charge < -0.3 is 9.47 Å². The molecule has 4 heteroatoms. The molecule has 0 bridgehead atoms. The average molecular weight is 325 g/mol. The fraction of sp³-hybridized carbons (Fsp3) is 0.400. The maximum Gasteiger partial charge on any atom is 0.317 e. The number of hydrogen-bond donors (Lipinski definition) is 0. The van der Waals surface area contributed by atoms with E-state index >= 15 is 0 Å². The van der Waals surface area contributed by atoms with Crippen LogP contribution in [0.15, 0.2) is 22.7 Å². The van der Waals surface area contributed by atoms with Crippen molar-refractivity contribution in [1.82, 2.24) is 0 Å². The number of esters is 1. The lowest BCUT2D eigenvalue weighted by atomic mass is 9.99. The van der Waals surface area contributed by atoms with Gasteiger partial charge in [-0.05, 0) is 38.5 Å². The molecule has 1 unspecified atom stereocenters. The first kappa shape index (κ1) is 14.1. The van der Waals surface area contributed by atoms with E-state index in [0.717, 1.165) is 15.6 Å². The first-order valence-corrected chi connectivity index (χ1v) is 6.90. The third-order valence-corrected chi connectivity index (χ3v) is 3.53. The molecule has 0 fully saturated rings. The van der Waals surface area contributed by atoms with Crippen molar-refractivity contribution >= 4 is 28.0 Å². The summed E-state index contributed by atoms with van der Waals surface area (Å²) in [5.74, 6) is 0.0552. The van der Waals surface area contributed by atoms with Gasteiger partial charge in [-0.2, -0.15) is 0 Å². The smallest absolute Gasteiger partial charge is 0.317 e. The summed E-state index contributed by atoms with van der Waals surface area (Å²) in [6, 6.07) is 3.77. The van der Waals surface area contributed by atoms with E-state index in [1.807, 2.05) is 45.1 Å². The monoisotopic (exact) mass is 324 g/mol. The van der Waals surface area contributed by atoms with Gasteiger partial charge in [0.15, 0.2) is 0 Å². The molecule has 2 rings (SSSR count). The number of carbonyl (C=O) groups is 1. The molecule has 0 amide bonds. The highest BCUT2D eigenvalue weighted by Crippen LogP contribution is 2.41. The Bertz CT molecular complexity index is 541. The molecule has 1 aromatic rings. The first-order valence-electron chi connectivity index (χ1n) is 6.11. The largest absolute Gasteiger partial charge is 0.496 e. The lowest BCUT2D eigenvalue weighted by Gasteiger charge is -2.22. The van der Waals surface area contributed by atoms with Crippen LogP contribution in [0.2, 0.25) is 0 Å². The molecule has 3 nitrogen and oxygen atoms in total. The van der Waals surface area contributed by atoms with Crippen molar-refractivity contribution in [3.8, 4) is 5.75 Å². The molecule has 0 N–H and O–H groups in total. The zero-order valence-electron chi connectivity index (χ0n) is 11.5. The lowest BCUT2D eigenvalue weighted by Crippen LogP contribution is -2.27. The van der Waals surface area contributed by atoms with Crippen LogP contribution in [0.4, 0.5) is 0 Å². The highest BCUT2D eigenvalue weighted by molar-refractivity contribution is 9.10. The first-order chi connectivity index (χ1) is 8.83. The third-order valence-electron chi connectivity index (χ3n) is 2.84. The van der Waals surface area contributed by atoms with Gasteiger partial charge in [-0.1, -0.05) is 28.1 Å². The topological polar surface area (TPSA) is 35.5 Å². The summed E-state index contributed by atoms with van der Waals surface area (Å²) in [5.41, 5.74) is 1.36. The van der Waals surface area contributed by atoms with Crippen LogP contribution >= 0.6 is 15.9 Å². The fourth-order valence-electron chi connectivity index (χ4n) is 2.11. The van der Waals surface area contributed by atoms with Gasteiger partial charge >= 0.3 is 5.97 Å². The predicted octanol–water partition coefficient (Wildman–Crippen LogP) is 3.91. The molecule has 0 saturated heterocycles. The van der Waals surface area contributed by atoms with Gasteiger partial charge in [0.25, 0.3) is 0 Å². The summed E-state index contributed by atoms with van der Waals surface area (Å²) >= 11 is 3.49. The van der Waals surface area contributed by atoms with Crippen LogP contribution in [0.1, 0.15) is 37.8 Å². The number of carbonyl (C=O) groups excluding carboxylic acids is 1. The van der Waals surface area contributed by atoms with E-state index in [4.69, 9.17) is 9.47 Å². The Balaban J connectivity index is 2.38. The second kappa shape index (κ2) is 5.00. The van der Waals surface area contributed by atoms with Crippen LogP contribution in [0.3, 0.4) is 0 Å². The number of benzene rings is 1. The van der Waals surface area contributed by atoms with Gasteiger partial charge in [0.1, 0.15) is 17.3 Å².